The Kier molecular flexibility index (Phi) is 5.17. The number of rotatable bonds is 6. The first-order valence-electron chi connectivity index (χ1n) is 5.08. The van der Waals surface area contributed by atoms with Gasteiger partial charge in [0.05, 0.1) is 6.61 Å². The molecule has 96 valence electrons. The molecule has 1 aromatic heterocycles. The number of ether oxygens (including phenoxy) is 2. The van der Waals surface area contributed by atoms with Crippen LogP contribution in [0.5, 0.6) is 0 Å². The van der Waals surface area contributed by atoms with E-state index < -0.39 is 5.60 Å². The molecule has 0 aromatic carbocycles. The molecule has 1 atom stereocenters. The molecule has 5 nitrogen and oxygen atoms in total. The highest BCUT2D eigenvalue weighted by Crippen LogP contribution is 2.14. The first kappa shape index (κ1) is 14.2. The molecule has 0 radical (unpaired) electrons. The van der Waals surface area contributed by atoms with Crippen molar-refractivity contribution < 1.29 is 18.7 Å². The maximum atomic E-state index is 11.7. The molecule has 1 aromatic rings. The Morgan fingerprint density at radius 3 is 2.71 bits per heavy atom. The molecule has 17 heavy (non-hydrogen) atoms. The summed E-state index contributed by atoms with van der Waals surface area (Å²) in [5, 5.41) is 2.73. The molecule has 0 fully saturated rings. The van der Waals surface area contributed by atoms with Gasteiger partial charge in [-0.25, -0.2) is 0 Å². The standard InChI is InChI=1S/C11H16BrNO4/c1-11(16-3,7-15-2)6-13-10(14)8-4-5-9(12)17-8/h4-5H,6-7H2,1-3H3,(H,13,14). The van der Waals surface area contributed by atoms with Gasteiger partial charge in [0.25, 0.3) is 5.91 Å². The summed E-state index contributed by atoms with van der Waals surface area (Å²) in [6.45, 7) is 2.59. The van der Waals surface area contributed by atoms with E-state index in [0.717, 1.165) is 0 Å². The van der Waals surface area contributed by atoms with Crippen molar-refractivity contribution in [2.75, 3.05) is 27.4 Å². The van der Waals surface area contributed by atoms with Gasteiger partial charge in [0.1, 0.15) is 5.60 Å². The Morgan fingerprint density at radius 2 is 2.24 bits per heavy atom. The molecule has 1 heterocycles. The predicted molar refractivity (Wildman–Crippen MR) is 66.0 cm³/mol. The summed E-state index contributed by atoms with van der Waals surface area (Å²) in [4.78, 5) is 11.7. The lowest BCUT2D eigenvalue weighted by molar-refractivity contribution is -0.0480. The number of carbonyl (C=O) groups excluding carboxylic acids is 1. The Labute approximate surface area is 109 Å². The van der Waals surface area contributed by atoms with Crippen LogP contribution in [-0.2, 0) is 9.47 Å². The van der Waals surface area contributed by atoms with Gasteiger partial charge in [-0.1, -0.05) is 0 Å². The lowest BCUT2D eigenvalue weighted by Crippen LogP contribution is -2.45. The average Bonchev–Trinajstić information content (AvgIpc) is 2.73. The molecule has 0 saturated carbocycles. The summed E-state index contributed by atoms with van der Waals surface area (Å²) in [6, 6.07) is 3.26. The van der Waals surface area contributed by atoms with E-state index in [2.05, 4.69) is 21.2 Å². The van der Waals surface area contributed by atoms with Crippen LogP contribution in [0.2, 0.25) is 0 Å². The molecule has 1 unspecified atom stereocenters. The van der Waals surface area contributed by atoms with Crippen molar-refractivity contribution in [3.63, 3.8) is 0 Å². The SMILES string of the molecule is COCC(C)(CNC(=O)c1ccc(Br)o1)OC. The summed E-state index contributed by atoms with van der Waals surface area (Å²) in [7, 11) is 3.16. The zero-order valence-corrected chi connectivity index (χ0v) is 11.7. The van der Waals surface area contributed by atoms with Gasteiger partial charge in [0, 0.05) is 20.8 Å². The highest BCUT2D eigenvalue weighted by molar-refractivity contribution is 9.10. The van der Waals surface area contributed by atoms with E-state index in [4.69, 9.17) is 13.9 Å². The van der Waals surface area contributed by atoms with Crippen LogP contribution in [0.1, 0.15) is 17.5 Å². The zero-order valence-electron chi connectivity index (χ0n) is 10.1. The Balaban J connectivity index is 2.52. The second-order valence-electron chi connectivity index (χ2n) is 3.87. The quantitative estimate of drug-likeness (QED) is 0.871. The number of methoxy groups -OCH3 is 2. The Bertz CT molecular complexity index is 379. The Hall–Kier alpha value is -0.850. The van der Waals surface area contributed by atoms with Gasteiger partial charge >= 0.3 is 0 Å². The monoisotopic (exact) mass is 305 g/mol. The predicted octanol–water partition coefficient (Wildman–Crippen LogP) is 1.82. The van der Waals surface area contributed by atoms with E-state index in [1.54, 1.807) is 26.4 Å². The number of carbonyl (C=O) groups is 1. The summed E-state index contributed by atoms with van der Waals surface area (Å²) < 4.78 is 16.0. The molecule has 1 amide bonds. The fourth-order valence-electron chi connectivity index (χ4n) is 1.28. The van der Waals surface area contributed by atoms with Crippen molar-refractivity contribution in [3.8, 4) is 0 Å². The highest BCUT2D eigenvalue weighted by Gasteiger charge is 2.25. The van der Waals surface area contributed by atoms with Gasteiger partial charge in [-0.2, -0.15) is 0 Å². The van der Waals surface area contributed by atoms with Crippen LogP contribution in [0.15, 0.2) is 21.2 Å². The van der Waals surface area contributed by atoms with Crippen molar-refractivity contribution in [2.45, 2.75) is 12.5 Å². The van der Waals surface area contributed by atoms with Crippen molar-refractivity contribution in [3.05, 3.63) is 22.6 Å². The smallest absolute Gasteiger partial charge is 0.287 e. The summed E-state index contributed by atoms with van der Waals surface area (Å²) in [5.41, 5.74) is -0.547. The number of amides is 1. The number of furan rings is 1. The van der Waals surface area contributed by atoms with E-state index in [0.29, 0.717) is 17.8 Å². The van der Waals surface area contributed by atoms with Gasteiger partial charge in [0.15, 0.2) is 10.4 Å². The number of halogens is 1. The third kappa shape index (κ3) is 4.14. The van der Waals surface area contributed by atoms with Crippen LogP contribution in [0.25, 0.3) is 0 Å². The largest absolute Gasteiger partial charge is 0.444 e. The van der Waals surface area contributed by atoms with Gasteiger partial charge < -0.3 is 19.2 Å². The van der Waals surface area contributed by atoms with E-state index in [-0.39, 0.29) is 11.7 Å². The van der Waals surface area contributed by atoms with Crippen molar-refractivity contribution in [1.82, 2.24) is 5.32 Å². The molecule has 1 N–H and O–H groups in total. The minimum Gasteiger partial charge on any atom is -0.444 e. The summed E-state index contributed by atoms with van der Waals surface area (Å²) >= 11 is 3.14. The maximum absolute atomic E-state index is 11.7. The van der Waals surface area contributed by atoms with Gasteiger partial charge in [-0.05, 0) is 35.0 Å². The van der Waals surface area contributed by atoms with Crippen LogP contribution in [0.4, 0.5) is 0 Å². The van der Waals surface area contributed by atoms with Crippen LogP contribution in [0, 0.1) is 0 Å². The molecule has 0 spiro atoms. The zero-order chi connectivity index (χ0) is 12.9. The van der Waals surface area contributed by atoms with Crippen molar-refractivity contribution >= 4 is 21.8 Å². The van der Waals surface area contributed by atoms with E-state index >= 15 is 0 Å². The molecule has 0 saturated heterocycles. The number of hydrogen-bond donors (Lipinski definition) is 1. The lowest BCUT2D eigenvalue weighted by Gasteiger charge is -2.27. The minimum absolute atomic E-state index is 0.257. The second-order valence-corrected chi connectivity index (χ2v) is 4.66. The molecule has 0 aliphatic heterocycles. The van der Waals surface area contributed by atoms with Gasteiger partial charge in [-0.3, -0.25) is 4.79 Å². The molecular weight excluding hydrogens is 290 g/mol. The topological polar surface area (TPSA) is 60.7 Å². The number of hydrogen-bond acceptors (Lipinski definition) is 4. The maximum Gasteiger partial charge on any atom is 0.287 e. The fraction of sp³-hybridized carbons (Fsp3) is 0.545. The van der Waals surface area contributed by atoms with E-state index in [1.807, 2.05) is 6.92 Å². The van der Waals surface area contributed by atoms with Crippen LogP contribution in [0.3, 0.4) is 0 Å². The molecule has 0 aliphatic carbocycles. The average molecular weight is 306 g/mol. The van der Waals surface area contributed by atoms with E-state index in [9.17, 15) is 4.79 Å². The first-order valence-corrected chi connectivity index (χ1v) is 5.87. The fourth-order valence-corrected chi connectivity index (χ4v) is 1.58. The van der Waals surface area contributed by atoms with Gasteiger partial charge in [0.2, 0.25) is 0 Å². The normalized spacial score (nSPS) is 14.4. The van der Waals surface area contributed by atoms with Crippen molar-refractivity contribution in [2.24, 2.45) is 0 Å². The van der Waals surface area contributed by atoms with Crippen LogP contribution < -0.4 is 5.32 Å². The number of nitrogens with one attached hydrogen (secondary N) is 1. The molecule has 1 rings (SSSR count). The van der Waals surface area contributed by atoms with Crippen LogP contribution in [-0.4, -0.2) is 38.9 Å². The van der Waals surface area contributed by atoms with Crippen LogP contribution >= 0.6 is 15.9 Å². The highest BCUT2D eigenvalue weighted by atomic mass is 79.9. The molecular formula is C11H16BrNO4. The Morgan fingerprint density at radius 1 is 1.53 bits per heavy atom. The summed E-state index contributed by atoms with van der Waals surface area (Å²) in [6.07, 6.45) is 0. The van der Waals surface area contributed by atoms with E-state index in [1.165, 1.54) is 0 Å². The molecule has 0 bridgehead atoms. The second kappa shape index (κ2) is 6.18. The minimum atomic E-state index is -0.547. The lowest BCUT2D eigenvalue weighted by atomic mass is 10.1. The summed E-state index contributed by atoms with van der Waals surface area (Å²) in [5.74, 6) is -0.0252. The van der Waals surface area contributed by atoms with Crippen molar-refractivity contribution in [1.29, 1.82) is 0 Å². The molecule has 6 heteroatoms. The third-order valence-electron chi connectivity index (χ3n) is 2.36. The van der Waals surface area contributed by atoms with Gasteiger partial charge in [-0.15, -0.1) is 0 Å². The third-order valence-corrected chi connectivity index (χ3v) is 2.79. The first-order chi connectivity index (χ1) is 8.00. The molecule has 0 aliphatic rings.